The smallest absolute Gasteiger partial charge is 0.269 e. The number of nitrogens with zero attached hydrogens (tertiary/aromatic N) is 3. The second-order valence-corrected chi connectivity index (χ2v) is 12.4. The average Bonchev–Trinajstić information content (AvgIpc) is 3.20. The molecular weight excluding hydrogens is 584 g/mol. The number of benzene rings is 2. The Morgan fingerprint density at radius 1 is 1.36 bits per heavy atom. The van der Waals surface area contributed by atoms with Gasteiger partial charge >= 0.3 is 0 Å². The van der Waals surface area contributed by atoms with Crippen LogP contribution in [0.4, 0.5) is 11.4 Å². The second-order valence-electron chi connectivity index (χ2n) is 10.7. The summed E-state index contributed by atoms with van der Waals surface area (Å²) in [5, 5.41) is 26.3. The number of nitro groups is 1. The molecule has 5 rings (SSSR count). The number of hydrogen-bond donors (Lipinski definition) is 2. The molecule has 2 N–H and O–H groups in total. The van der Waals surface area contributed by atoms with Crippen molar-refractivity contribution in [2.75, 3.05) is 37.7 Å². The number of rotatable bonds is 9. The van der Waals surface area contributed by atoms with Crippen molar-refractivity contribution in [3.8, 4) is 11.5 Å². The SMILES string of the molecule is COc1cc2c3c(c1Br)O[C@@H]1C/C(=N/Nc4ccc([N+](=O)[O-])cc4)C[C@@H](C)[C@]31C[C@@H](CO)N(CCCSC)C2. The zero-order chi connectivity index (χ0) is 27.7. The summed E-state index contributed by atoms with van der Waals surface area (Å²) in [6.45, 7) is 4.05. The number of non-ortho nitro benzene ring substituents is 1. The van der Waals surface area contributed by atoms with Crippen LogP contribution in [0.15, 0.2) is 39.9 Å². The summed E-state index contributed by atoms with van der Waals surface area (Å²) in [5.74, 6) is 2.92. The lowest BCUT2D eigenvalue weighted by molar-refractivity contribution is -0.384. The number of ether oxygens (including phenoxy) is 2. The molecule has 0 amide bonds. The molecule has 2 aliphatic heterocycles. The van der Waals surface area contributed by atoms with Gasteiger partial charge in [-0.05, 0) is 83.4 Å². The monoisotopic (exact) mass is 618 g/mol. The van der Waals surface area contributed by atoms with E-state index in [0.29, 0.717) is 12.1 Å². The number of aliphatic hydroxyl groups is 1. The lowest BCUT2D eigenvalue weighted by atomic mass is 9.59. The molecule has 9 nitrogen and oxygen atoms in total. The first-order valence-corrected chi connectivity index (χ1v) is 15.5. The molecule has 1 aliphatic carbocycles. The van der Waals surface area contributed by atoms with Crippen molar-refractivity contribution in [2.24, 2.45) is 11.0 Å². The molecular formula is C28H35BrN4O5S. The van der Waals surface area contributed by atoms with E-state index in [1.54, 1.807) is 19.2 Å². The van der Waals surface area contributed by atoms with E-state index in [4.69, 9.17) is 14.6 Å². The van der Waals surface area contributed by atoms with Crippen molar-refractivity contribution in [3.05, 3.63) is 56.0 Å². The number of aliphatic hydroxyl groups excluding tert-OH is 1. The number of methoxy groups -OCH3 is 1. The molecule has 2 heterocycles. The van der Waals surface area contributed by atoms with Crippen LogP contribution in [0.1, 0.15) is 43.7 Å². The van der Waals surface area contributed by atoms with Crippen LogP contribution in [0.2, 0.25) is 0 Å². The molecule has 3 aliphatic rings. The lowest BCUT2D eigenvalue weighted by Gasteiger charge is -2.45. The highest BCUT2D eigenvalue weighted by molar-refractivity contribution is 9.10. The summed E-state index contributed by atoms with van der Waals surface area (Å²) >= 11 is 5.62. The fourth-order valence-corrected chi connectivity index (χ4v) is 7.62. The van der Waals surface area contributed by atoms with E-state index >= 15 is 0 Å². The first kappa shape index (κ1) is 28.2. The number of hydrazone groups is 1. The van der Waals surface area contributed by atoms with Crippen LogP contribution in [0.5, 0.6) is 11.5 Å². The molecule has 1 fully saturated rings. The van der Waals surface area contributed by atoms with Crippen LogP contribution in [-0.4, -0.2) is 65.1 Å². The molecule has 2 aromatic rings. The number of halogens is 1. The Bertz CT molecular complexity index is 1260. The predicted molar refractivity (Wildman–Crippen MR) is 158 cm³/mol. The summed E-state index contributed by atoms with van der Waals surface area (Å²) < 4.78 is 13.3. The largest absolute Gasteiger partial charge is 0.495 e. The Balaban J connectivity index is 1.48. The van der Waals surface area contributed by atoms with Gasteiger partial charge in [0.15, 0.2) is 0 Å². The summed E-state index contributed by atoms with van der Waals surface area (Å²) in [7, 11) is 1.68. The molecule has 210 valence electrons. The maximum atomic E-state index is 11.0. The number of nitrogens with one attached hydrogen (secondary N) is 1. The summed E-state index contributed by atoms with van der Waals surface area (Å²) in [6.07, 6.45) is 5.32. The van der Waals surface area contributed by atoms with Gasteiger partial charge in [0, 0.05) is 47.8 Å². The van der Waals surface area contributed by atoms with Crippen LogP contribution < -0.4 is 14.9 Å². The highest BCUT2D eigenvalue weighted by Gasteiger charge is 2.59. The van der Waals surface area contributed by atoms with E-state index in [0.717, 1.165) is 59.8 Å². The molecule has 0 radical (unpaired) electrons. The minimum absolute atomic E-state index is 0.0280. The Morgan fingerprint density at radius 3 is 2.79 bits per heavy atom. The van der Waals surface area contributed by atoms with Crippen molar-refractivity contribution >= 4 is 44.8 Å². The van der Waals surface area contributed by atoms with E-state index in [1.807, 2.05) is 11.8 Å². The molecule has 2 aromatic carbocycles. The van der Waals surface area contributed by atoms with Crippen LogP contribution in [-0.2, 0) is 12.0 Å². The first-order valence-electron chi connectivity index (χ1n) is 13.3. The molecule has 11 heteroatoms. The van der Waals surface area contributed by atoms with E-state index < -0.39 is 4.92 Å². The van der Waals surface area contributed by atoms with Gasteiger partial charge in [-0.2, -0.15) is 16.9 Å². The lowest BCUT2D eigenvalue weighted by Crippen LogP contribution is -2.52. The van der Waals surface area contributed by atoms with Crippen molar-refractivity contribution in [3.63, 3.8) is 0 Å². The van der Waals surface area contributed by atoms with Gasteiger partial charge in [0.05, 0.1) is 24.3 Å². The van der Waals surface area contributed by atoms with Gasteiger partial charge in [0.1, 0.15) is 22.1 Å². The zero-order valence-corrected chi connectivity index (χ0v) is 24.9. The van der Waals surface area contributed by atoms with Gasteiger partial charge in [-0.3, -0.25) is 20.4 Å². The normalized spacial score (nSPS) is 26.9. The van der Waals surface area contributed by atoms with Crippen molar-refractivity contribution in [2.45, 2.75) is 56.7 Å². The molecule has 0 saturated heterocycles. The Morgan fingerprint density at radius 2 is 2.13 bits per heavy atom. The topological polar surface area (TPSA) is 109 Å². The Kier molecular flexibility index (Phi) is 8.42. The Hall–Kier alpha value is -2.34. The van der Waals surface area contributed by atoms with Gasteiger partial charge in [-0.25, -0.2) is 0 Å². The highest BCUT2D eigenvalue weighted by atomic mass is 79.9. The predicted octanol–water partition coefficient (Wildman–Crippen LogP) is 5.58. The third-order valence-electron chi connectivity index (χ3n) is 8.52. The zero-order valence-electron chi connectivity index (χ0n) is 22.5. The third-order valence-corrected chi connectivity index (χ3v) is 9.97. The number of thioether (sulfide) groups is 1. The molecule has 1 saturated carbocycles. The van der Waals surface area contributed by atoms with Crippen molar-refractivity contribution in [1.82, 2.24) is 4.90 Å². The summed E-state index contributed by atoms with van der Waals surface area (Å²) in [6, 6.07) is 8.43. The number of anilines is 1. The molecule has 0 aromatic heterocycles. The van der Waals surface area contributed by atoms with Crippen LogP contribution in [0, 0.1) is 16.0 Å². The second kappa shape index (κ2) is 11.6. The van der Waals surface area contributed by atoms with Gasteiger partial charge < -0.3 is 14.6 Å². The fraction of sp³-hybridized carbons (Fsp3) is 0.536. The van der Waals surface area contributed by atoms with Crippen molar-refractivity contribution < 1.29 is 19.5 Å². The van der Waals surface area contributed by atoms with Gasteiger partial charge in [0.2, 0.25) is 0 Å². The number of hydrogen-bond acceptors (Lipinski definition) is 9. The molecule has 4 atom stereocenters. The fourth-order valence-electron chi connectivity index (χ4n) is 6.63. The quantitative estimate of drug-likeness (QED) is 0.213. The van der Waals surface area contributed by atoms with Gasteiger partial charge in [-0.1, -0.05) is 6.92 Å². The molecule has 39 heavy (non-hydrogen) atoms. The van der Waals surface area contributed by atoms with E-state index in [2.05, 4.69) is 45.5 Å². The standard InChI is InChI=1S/C28H35BrN4O5S/c1-17-11-20(31-30-19-5-7-21(8-6-19)33(35)36)13-24-28(17)14-22(16-34)32(9-4-10-39-3)15-18-12-23(37-2)26(29)27(38-24)25(18)28/h5-8,12,17,22,24,30,34H,4,9-11,13-16H2,1-3H3/b31-20+/t17-,22+,24-,28+/m1/s1. The van der Waals surface area contributed by atoms with E-state index in [1.165, 1.54) is 23.3 Å². The third kappa shape index (κ3) is 5.14. The summed E-state index contributed by atoms with van der Waals surface area (Å²) in [5.41, 5.74) is 7.03. The van der Waals surface area contributed by atoms with Crippen LogP contribution in [0.25, 0.3) is 0 Å². The minimum atomic E-state index is -0.412. The maximum Gasteiger partial charge on any atom is 0.269 e. The maximum absolute atomic E-state index is 11.0. The van der Waals surface area contributed by atoms with Gasteiger partial charge in [-0.15, -0.1) is 0 Å². The van der Waals surface area contributed by atoms with Crippen LogP contribution >= 0.6 is 27.7 Å². The number of nitro benzene ring substituents is 1. The highest BCUT2D eigenvalue weighted by Crippen LogP contribution is 2.60. The molecule has 1 spiro atoms. The van der Waals surface area contributed by atoms with E-state index in [-0.39, 0.29) is 35.8 Å². The average molecular weight is 620 g/mol. The Labute approximate surface area is 241 Å². The summed E-state index contributed by atoms with van der Waals surface area (Å²) in [4.78, 5) is 13.0. The van der Waals surface area contributed by atoms with Gasteiger partial charge in [0.25, 0.3) is 5.69 Å². The minimum Gasteiger partial charge on any atom is -0.495 e. The first-order chi connectivity index (χ1) is 18.8. The van der Waals surface area contributed by atoms with E-state index in [9.17, 15) is 15.2 Å². The molecule has 0 unspecified atom stereocenters. The molecule has 0 bridgehead atoms. The van der Waals surface area contributed by atoms with Crippen molar-refractivity contribution in [1.29, 1.82) is 0 Å². The van der Waals surface area contributed by atoms with Crippen LogP contribution in [0.3, 0.4) is 0 Å².